The van der Waals surface area contributed by atoms with Crippen LogP contribution in [0.25, 0.3) is 0 Å². The van der Waals surface area contributed by atoms with Crippen molar-refractivity contribution in [3.05, 3.63) is 70.0 Å². The third kappa shape index (κ3) is 6.98. The summed E-state index contributed by atoms with van der Waals surface area (Å²) in [6.07, 6.45) is 2.34. The zero-order valence-electron chi connectivity index (χ0n) is 26.1. The van der Waals surface area contributed by atoms with E-state index < -0.39 is 23.5 Å². The van der Waals surface area contributed by atoms with Gasteiger partial charge in [0, 0.05) is 35.1 Å². The molecule has 1 aromatic heterocycles. The summed E-state index contributed by atoms with van der Waals surface area (Å²) in [6, 6.07) is 12.0. The number of aromatic nitrogens is 3. The third-order valence-electron chi connectivity index (χ3n) is 7.88. The van der Waals surface area contributed by atoms with Crippen molar-refractivity contribution < 1.29 is 23.8 Å². The molecule has 12 heteroatoms. The molecule has 0 N–H and O–H groups in total. The van der Waals surface area contributed by atoms with Crippen molar-refractivity contribution in [1.29, 1.82) is 0 Å². The van der Waals surface area contributed by atoms with E-state index in [4.69, 9.17) is 37.4 Å². The van der Waals surface area contributed by atoms with Crippen molar-refractivity contribution in [2.75, 3.05) is 7.05 Å². The second-order valence-electron chi connectivity index (χ2n) is 13.0. The van der Waals surface area contributed by atoms with E-state index in [-0.39, 0.29) is 24.0 Å². The van der Waals surface area contributed by atoms with Gasteiger partial charge in [0.1, 0.15) is 34.6 Å². The quantitative estimate of drug-likeness (QED) is 0.264. The number of hydrogen-bond donors (Lipinski definition) is 0. The molecular formula is C32H39Cl2N5O5. The van der Waals surface area contributed by atoms with Gasteiger partial charge in [-0.05, 0) is 96.8 Å². The number of carbonyl (C=O) groups is 2. The lowest BCUT2D eigenvalue weighted by molar-refractivity contribution is -0.139. The van der Waals surface area contributed by atoms with Gasteiger partial charge in [-0.2, -0.15) is 0 Å². The van der Waals surface area contributed by atoms with E-state index in [2.05, 4.69) is 10.3 Å². The number of halogens is 2. The topological polar surface area (TPSA) is 99.0 Å². The monoisotopic (exact) mass is 643 g/mol. The summed E-state index contributed by atoms with van der Waals surface area (Å²) >= 11 is 12.3. The van der Waals surface area contributed by atoms with Crippen molar-refractivity contribution in [3.63, 3.8) is 0 Å². The Labute approximate surface area is 268 Å². The van der Waals surface area contributed by atoms with Crippen LogP contribution in [0.3, 0.4) is 0 Å². The fourth-order valence-corrected chi connectivity index (χ4v) is 6.11. The van der Waals surface area contributed by atoms with E-state index in [9.17, 15) is 9.59 Å². The Hall–Kier alpha value is -3.34. The summed E-state index contributed by atoms with van der Waals surface area (Å²) in [7, 11) is 1.78. The SMILES string of the molecule is C[C@H]1OC(C)(C)N(C(=O)OC(C)(C)C)[C@@H]1c1cn(C2CC(C(=O)N(C)Cc3cc(Cl)ccc3Oc3ccc(Cl)cc3)C2)nn1. The summed E-state index contributed by atoms with van der Waals surface area (Å²) in [6.45, 7) is 11.4. The second-order valence-corrected chi connectivity index (χ2v) is 13.9. The maximum absolute atomic E-state index is 13.4. The summed E-state index contributed by atoms with van der Waals surface area (Å²) < 4.78 is 19.7. The fraction of sp³-hybridized carbons (Fsp3) is 0.500. The van der Waals surface area contributed by atoms with Crippen LogP contribution >= 0.6 is 23.2 Å². The highest BCUT2D eigenvalue weighted by atomic mass is 35.5. The van der Waals surface area contributed by atoms with Crippen LogP contribution < -0.4 is 4.74 Å². The molecule has 5 rings (SSSR count). The predicted molar refractivity (Wildman–Crippen MR) is 167 cm³/mol. The first-order valence-electron chi connectivity index (χ1n) is 14.7. The van der Waals surface area contributed by atoms with Crippen LogP contribution in [0.1, 0.15) is 77.7 Å². The molecule has 0 unspecified atom stereocenters. The summed E-state index contributed by atoms with van der Waals surface area (Å²) in [4.78, 5) is 29.9. The third-order valence-corrected chi connectivity index (χ3v) is 8.37. The number of amides is 2. The maximum Gasteiger partial charge on any atom is 0.413 e. The minimum Gasteiger partial charge on any atom is -0.457 e. The Bertz CT molecular complexity index is 1510. The van der Waals surface area contributed by atoms with E-state index in [1.807, 2.05) is 53.8 Å². The van der Waals surface area contributed by atoms with Gasteiger partial charge in [0.2, 0.25) is 5.91 Å². The maximum atomic E-state index is 13.4. The van der Waals surface area contributed by atoms with Gasteiger partial charge in [-0.3, -0.25) is 9.69 Å². The summed E-state index contributed by atoms with van der Waals surface area (Å²) in [5.74, 6) is 1.14. The van der Waals surface area contributed by atoms with Crippen molar-refractivity contribution in [2.24, 2.45) is 5.92 Å². The van der Waals surface area contributed by atoms with Crippen LogP contribution in [0.2, 0.25) is 10.0 Å². The van der Waals surface area contributed by atoms with Gasteiger partial charge in [0.25, 0.3) is 0 Å². The van der Waals surface area contributed by atoms with Crippen LogP contribution in [0.5, 0.6) is 11.5 Å². The first-order chi connectivity index (χ1) is 20.6. The highest BCUT2D eigenvalue weighted by molar-refractivity contribution is 6.30. The minimum absolute atomic E-state index is 0.0224. The number of benzene rings is 2. The molecule has 2 heterocycles. The van der Waals surface area contributed by atoms with Gasteiger partial charge in [0.05, 0.1) is 18.3 Å². The van der Waals surface area contributed by atoms with E-state index in [0.29, 0.717) is 46.6 Å². The highest BCUT2D eigenvalue weighted by Crippen LogP contribution is 2.43. The molecule has 1 saturated carbocycles. The molecule has 0 radical (unpaired) electrons. The van der Waals surface area contributed by atoms with Crippen LogP contribution in [-0.4, -0.2) is 61.3 Å². The number of carbonyl (C=O) groups excluding carboxylic acids is 2. The Morgan fingerprint density at radius 1 is 1.09 bits per heavy atom. The molecule has 1 aliphatic heterocycles. The fourth-order valence-electron chi connectivity index (χ4n) is 5.79. The van der Waals surface area contributed by atoms with E-state index in [1.54, 1.807) is 57.9 Å². The molecule has 2 aromatic carbocycles. The standard InChI is InChI=1S/C32H39Cl2N5O5/c1-19-28(39(32(5,6)43-19)30(41)44-31(2,3)4)26-18-38(36-35-26)24-15-20(16-24)29(40)37(7)17-21-14-23(34)10-13-27(21)42-25-11-8-22(33)9-12-25/h8-14,18-20,24,28H,15-17H2,1-7H3/t19-,20?,24?,28+/m1/s1. The van der Waals surface area contributed by atoms with Crippen LogP contribution in [0, 0.1) is 5.92 Å². The molecule has 44 heavy (non-hydrogen) atoms. The van der Waals surface area contributed by atoms with Gasteiger partial charge in [0.15, 0.2) is 0 Å². The van der Waals surface area contributed by atoms with Crippen molar-refractivity contribution in [1.82, 2.24) is 24.8 Å². The Morgan fingerprint density at radius 3 is 2.41 bits per heavy atom. The number of hydrogen-bond acceptors (Lipinski definition) is 7. The molecule has 0 spiro atoms. The minimum atomic E-state index is -0.878. The lowest BCUT2D eigenvalue weighted by Gasteiger charge is -2.36. The molecule has 1 aliphatic carbocycles. The Morgan fingerprint density at radius 2 is 1.75 bits per heavy atom. The normalized spacial score (nSPS) is 22.8. The number of rotatable bonds is 7. The predicted octanol–water partition coefficient (Wildman–Crippen LogP) is 7.42. The highest BCUT2D eigenvalue weighted by Gasteiger charge is 2.51. The molecule has 236 valence electrons. The van der Waals surface area contributed by atoms with Gasteiger partial charge in [-0.25, -0.2) is 9.48 Å². The Balaban J connectivity index is 1.22. The molecule has 2 atom stereocenters. The largest absolute Gasteiger partial charge is 0.457 e. The molecule has 1 saturated heterocycles. The lowest BCUT2D eigenvalue weighted by Crippen LogP contribution is -2.47. The second kappa shape index (κ2) is 12.2. The van der Waals surface area contributed by atoms with Gasteiger partial charge < -0.3 is 19.1 Å². The van der Waals surface area contributed by atoms with Crippen LogP contribution in [0.4, 0.5) is 4.79 Å². The van der Waals surface area contributed by atoms with Gasteiger partial charge in [-0.15, -0.1) is 5.10 Å². The van der Waals surface area contributed by atoms with Gasteiger partial charge in [-0.1, -0.05) is 28.4 Å². The number of ether oxygens (including phenoxy) is 3. The van der Waals surface area contributed by atoms with E-state index in [0.717, 1.165) is 5.56 Å². The van der Waals surface area contributed by atoms with E-state index in [1.165, 1.54) is 0 Å². The van der Waals surface area contributed by atoms with Crippen LogP contribution in [-0.2, 0) is 20.8 Å². The smallest absolute Gasteiger partial charge is 0.413 e. The van der Waals surface area contributed by atoms with Crippen LogP contribution in [0.15, 0.2) is 48.7 Å². The van der Waals surface area contributed by atoms with Crippen molar-refractivity contribution >= 4 is 35.2 Å². The van der Waals surface area contributed by atoms with Crippen molar-refractivity contribution in [3.8, 4) is 11.5 Å². The Kier molecular flexibility index (Phi) is 8.90. The average Bonchev–Trinajstić information content (AvgIpc) is 3.45. The van der Waals surface area contributed by atoms with Gasteiger partial charge >= 0.3 is 6.09 Å². The number of nitrogens with zero attached hydrogens (tertiary/aromatic N) is 5. The zero-order chi connectivity index (χ0) is 32.0. The lowest BCUT2D eigenvalue weighted by atomic mass is 9.79. The summed E-state index contributed by atoms with van der Waals surface area (Å²) in [5, 5.41) is 9.97. The first kappa shape index (κ1) is 32.1. The van der Waals surface area contributed by atoms with Crippen molar-refractivity contribution in [2.45, 2.75) is 90.4 Å². The average molecular weight is 645 g/mol. The first-order valence-corrected chi connectivity index (χ1v) is 15.5. The molecule has 2 aliphatic rings. The zero-order valence-corrected chi connectivity index (χ0v) is 27.6. The molecular weight excluding hydrogens is 605 g/mol. The molecule has 3 aromatic rings. The molecule has 2 amide bonds. The molecule has 2 fully saturated rings. The van der Waals surface area contributed by atoms with E-state index >= 15 is 0 Å². The molecule has 0 bridgehead atoms. The molecule has 10 nitrogen and oxygen atoms in total. The summed E-state index contributed by atoms with van der Waals surface area (Å²) in [5.41, 5.74) is -0.113.